The molecule has 0 spiro atoms. The summed E-state index contributed by atoms with van der Waals surface area (Å²) in [5.74, 6) is -0.495. The number of aliphatic hydroxyl groups is 3. The molecule has 0 saturated carbocycles. The predicted molar refractivity (Wildman–Crippen MR) is 162 cm³/mol. The topological polar surface area (TPSA) is 174 Å². The number of allylic oxidation sites excluding steroid dienone is 2. The minimum atomic E-state index is -1.70. The molecule has 3 heterocycles. The van der Waals surface area contributed by atoms with Gasteiger partial charge < -0.3 is 49.5 Å². The number of hydrogen-bond acceptors (Lipinski definition) is 12. The number of fused-ring (bicyclic) bond motifs is 1. The second kappa shape index (κ2) is 13.1. The molecule has 12 heteroatoms. The molecule has 6 N–H and O–H groups in total. The van der Waals surface area contributed by atoms with Gasteiger partial charge in [0.1, 0.15) is 46.5 Å². The molecule has 44 heavy (non-hydrogen) atoms. The Morgan fingerprint density at radius 1 is 1.02 bits per heavy atom. The third kappa shape index (κ3) is 6.14. The summed E-state index contributed by atoms with van der Waals surface area (Å²) in [6, 6.07) is 6.60. The third-order valence-corrected chi connectivity index (χ3v) is 8.14. The highest BCUT2D eigenvalue weighted by atomic mass is 16.7. The van der Waals surface area contributed by atoms with E-state index in [9.17, 15) is 30.3 Å². The van der Waals surface area contributed by atoms with Crippen LogP contribution in [0.1, 0.15) is 31.9 Å². The monoisotopic (exact) mass is 612 g/mol. The molecule has 2 fully saturated rings. The fraction of sp³-hybridized carbons (Fsp3) is 0.469. The molecular weight excluding hydrogens is 572 g/mol. The van der Waals surface area contributed by atoms with Crippen molar-refractivity contribution in [2.75, 3.05) is 33.3 Å². The molecule has 12 nitrogen and oxygen atoms in total. The van der Waals surface area contributed by atoms with Crippen LogP contribution in [0.3, 0.4) is 0 Å². The van der Waals surface area contributed by atoms with E-state index in [2.05, 4.69) is 10.2 Å². The van der Waals surface area contributed by atoms with Gasteiger partial charge in [0.05, 0.1) is 18.8 Å². The Balaban J connectivity index is 1.75. The Hall–Kier alpha value is -3.65. The maximum Gasteiger partial charge on any atom is 0.239 e. The van der Waals surface area contributed by atoms with Crippen LogP contribution in [0.4, 0.5) is 0 Å². The van der Waals surface area contributed by atoms with Crippen LogP contribution in [0.5, 0.6) is 23.0 Å². The molecule has 0 radical (unpaired) electrons. The largest absolute Gasteiger partial charge is 0.507 e. The van der Waals surface area contributed by atoms with Gasteiger partial charge in [-0.05, 0) is 51.5 Å². The van der Waals surface area contributed by atoms with E-state index in [1.54, 1.807) is 24.3 Å². The van der Waals surface area contributed by atoms with Gasteiger partial charge in [0.2, 0.25) is 17.5 Å². The summed E-state index contributed by atoms with van der Waals surface area (Å²) < 4.78 is 23.2. The second-order valence-corrected chi connectivity index (χ2v) is 11.5. The first kappa shape index (κ1) is 31.8. The van der Waals surface area contributed by atoms with Gasteiger partial charge in [0.15, 0.2) is 5.76 Å². The molecule has 238 valence electrons. The average Bonchev–Trinajstić information content (AvgIpc) is 3.02. The number of nitrogens with zero attached hydrogens (tertiary/aromatic N) is 1. The lowest BCUT2D eigenvalue weighted by Crippen LogP contribution is -2.58. The third-order valence-electron chi connectivity index (χ3n) is 8.14. The fourth-order valence-electron chi connectivity index (χ4n) is 5.50. The van der Waals surface area contributed by atoms with Crippen LogP contribution in [0, 0.1) is 0 Å². The van der Waals surface area contributed by atoms with E-state index in [4.69, 9.17) is 18.6 Å². The zero-order valence-electron chi connectivity index (χ0n) is 25.2. The highest BCUT2D eigenvalue weighted by Crippen LogP contribution is 2.43. The molecule has 1 aromatic heterocycles. The number of aliphatic hydroxyl groups excluding tert-OH is 3. The van der Waals surface area contributed by atoms with Crippen molar-refractivity contribution in [3.63, 3.8) is 0 Å². The van der Waals surface area contributed by atoms with E-state index in [-0.39, 0.29) is 46.8 Å². The molecular formula is C32H40N2O10. The summed E-state index contributed by atoms with van der Waals surface area (Å²) in [6.07, 6.45) is -5.06. The maximum absolute atomic E-state index is 14.4. The molecule has 2 aliphatic heterocycles. The smallest absolute Gasteiger partial charge is 0.239 e. The fourth-order valence-corrected chi connectivity index (χ4v) is 5.50. The number of hydrogen-bond donors (Lipinski definition) is 6. The van der Waals surface area contributed by atoms with Crippen LogP contribution in [0.15, 0.2) is 45.1 Å². The number of methoxy groups -OCH3 is 1. The standard InChI is InChI=1S/C32H40N2O10/c1-16(2)5-10-20-24(36)21(15-34-13-11-33-12-14-34)25(37)22-26(38)31(44-32-28(40)27(39)23(35)17(3)42-32)29(43-30(20)22)18-6-8-19(41-4)9-7-18/h5-9,17,23,27-28,32-33,35-37,39-40H,10-15H2,1-4H3/t17-,23-,27+,28+,32-/m0/s1. The number of rotatable bonds is 8. The quantitative estimate of drug-likeness (QED) is 0.205. The SMILES string of the molecule is COc1ccc(-c2oc3c(CC=C(C)C)c(O)c(CN4CCNCC4)c(O)c3c(=O)c2O[C@@H]2O[C@@H](C)[C@H](O)[C@@H](O)[C@H]2O)cc1. The van der Waals surface area contributed by atoms with Gasteiger partial charge >= 0.3 is 0 Å². The number of phenolic OH excluding ortho intramolecular Hbond substituents is 2. The van der Waals surface area contributed by atoms with Gasteiger partial charge in [0, 0.05) is 43.9 Å². The zero-order valence-corrected chi connectivity index (χ0v) is 25.2. The highest BCUT2D eigenvalue weighted by Gasteiger charge is 2.44. The first-order chi connectivity index (χ1) is 21.0. The Morgan fingerprint density at radius 3 is 2.34 bits per heavy atom. The lowest BCUT2D eigenvalue weighted by molar-refractivity contribution is -0.268. The van der Waals surface area contributed by atoms with Crippen molar-refractivity contribution < 1.29 is 44.2 Å². The molecule has 2 aliphatic rings. The van der Waals surface area contributed by atoms with Gasteiger partial charge in [-0.1, -0.05) is 11.6 Å². The van der Waals surface area contributed by atoms with E-state index < -0.39 is 41.9 Å². The molecule has 0 unspecified atom stereocenters. The average molecular weight is 613 g/mol. The normalized spacial score (nSPS) is 24.3. The first-order valence-corrected chi connectivity index (χ1v) is 14.6. The number of ether oxygens (including phenoxy) is 3. The van der Waals surface area contributed by atoms with Gasteiger partial charge in [-0.15, -0.1) is 0 Å². The van der Waals surface area contributed by atoms with Crippen molar-refractivity contribution in [1.29, 1.82) is 0 Å². The van der Waals surface area contributed by atoms with E-state index >= 15 is 0 Å². The summed E-state index contributed by atoms with van der Waals surface area (Å²) in [5, 5.41) is 57.4. The van der Waals surface area contributed by atoms with E-state index in [1.807, 2.05) is 19.9 Å². The summed E-state index contributed by atoms with van der Waals surface area (Å²) >= 11 is 0. The van der Waals surface area contributed by atoms with E-state index in [0.29, 0.717) is 30.0 Å². The van der Waals surface area contributed by atoms with Crippen LogP contribution in [0.2, 0.25) is 0 Å². The van der Waals surface area contributed by atoms with Gasteiger partial charge in [-0.3, -0.25) is 9.69 Å². The van der Waals surface area contributed by atoms with Crippen molar-refractivity contribution in [2.45, 2.75) is 64.4 Å². The van der Waals surface area contributed by atoms with Crippen LogP contribution in [0.25, 0.3) is 22.3 Å². The number of nitrogens with one attached hydrogen (secondary N) is 1. The summed E-state index contributed by atoms with van der Waals surface area (Å²) in [6.45, 7) is 8.37. The first-order valence-electron chi connectivity index (χ1n) is 14.6. The number of piperazine rings is 1. The molecule has 5 atom stereocenters. The molecule has 5 rings (SSSR count). The maximum atomic E-state index is 14.4. The minimum Gasteiger partial charge on any atom is -0.507 e. The molecule has 2 aromatic carbocycles. The lowest BCUT2D eigenvalue weighted by Gasteiger charge is -2.38. The lowest BCUT2D eigenvalue weighted by atomic mass is 9.97. The summed E-state index contributed by atoms with van der Waals surface area (Å²) in [7, 11) is 1.52. The van der Waals surface area contributed by atoms with Crippen molar-refractivity contribution >= 4 is 11.0 Å². The van der Waals surface area contributed by atoms with Crippen LogP contribution in [-0.2, 0) is 17.7 Å². The van der Waals surface area contributed by atoms with E-state index in [1.165, 1.54) is 14.0 Å². The molecule has 0 amide bonds. The summed E-state index contributed by atoms with van der Waals surface area (Å²) in [5.41, 5.74) is 1.11. The van der Waals surface area contributed by atoms with Crippen LogP contribution >= 0.6 is 0 Å². The Bertz CT molecular complexity index is 1580. The number of benzene rings is 2. The molecule has 2 saturated heterocycles. The Morgan fingerprint density at radius 2 is 1.70 bits per heavy atom. The molecule has 3 aromatic rings. The van der Waals surface area contributed by atoms with Crippen molar-refractivity contribution in [2.24, 2.45) is 0 Å². The van der Waals surface area contributed by atoms with Gasteiger partial charge in [-0.25, -0.2) is 0 Å². The predicted octanol–water partition coefficient (Wildman–Crippen LogP) is 2.00. The molecule has 0 aliphatic carbocycles. The van der Waals surface area contributed by atoms with Gasteiger partial charge in [-0.2, -0.15) is 0 Å². The zero-order chi connectivity index (χ0) is 31.7. The van der Waals surface area contributed by atoms with E-state index in [0.717, 1.165) is 18.7 Å². The minimum absolute atomic E-state index is 0.0151. The highest BCUT2D eigenvalue weighted by molar-refractivity contribution is 5.93. The Kier molecular flexibility index (Phi) is 9.49. The Labute approximate surface area is 254 Å². The van der Waals surface area contributed by atoms with Crippen molar-refractivity contribution in [1.82, 2.24) is 10.2 Å². The second-order valence-electron chi connectivity index (χ2n) is 11.5. The van der Waals surface area contributed by atoms with Crippen molar-refractivity contribution in [3.8, 4) is 34.3 Å². The summed E-state index contributed by atoms with van der Waals surface area (Å²) in [4.78, 5) is 16.4. The van der Waals surface area contributed by atoms with Crippen molar-refractivity contribution in [3.05, 3.63) is 57.3 Å². The van der Waals surface area contributed by atoms with Crippen LogP contribution in [-0.4, -0.2) is 94.4 Å². The molecule has 0 bridgehead atoms. The number of aromatic hydroxyl groups is 2. The van der Waals surface area contributed by atoms with Gasteiger partial charge in [0.25, 0.3) is 0 Å². The number of phenols is 2. The van der Waals surface area contributed by atoms with Crippen LogP contribution < -0.4 is 20.2 Å².